The molecule has 19 heavy (non-hydrogen) atoms. The number of para-hydroxylation sites is 1. The van der Waals surface area contributed by atoms with Crippen molar-refractivity contribution < 1.29 is 8.42 Å². The van der Waals surface area contributed by atoms with Gasteiger partial charge in [0.25, 0.3) is 10.0 Å². The summed E-state index contributed by atoms with van der Waals surface area (Å²) < 4.78 is 29.1. The molecule has 0 unspecified atom stereocenters. The summed E-state index contributed by atoms with van der Waals surface area (Å²) in [7, 11) is -3.65. The third-order valence-corrected chi connectivity index (χ3v) is 6.01. The molecule has 0 amide bonds. The first-order valence-corrected chi connectivity index (χ1v) is 8.99. The second-order valence-electron chi connectivity index (χ2n) is 3.63. The van der Waals surface area contributed by atoms with E-state index in [1.807, 2.05) is 6.07 Å². The Bertz CT molecular complexity index is 696. The molecule has 0 aliphatic heterocycles. The highest BCUT2D eigenvalue weighted by molar-refractivity contribution is 9.11. The second-order valence-corrected chi connectivity index (χ2v) is 7.85. The summed E-state index contributed by atoms with van der Waals surface area (Å²) in [6.07, 6.45) is 0. The van der Waals surface area contributed by atoms with Crippen molar-refractivity contribution in [1.82, 2.24) is 0 Å². The number of hydrogen-bond donors (Lipinski definition) is 1. The van der Waals surface area contributed by atoms with E-state index in [-0.39, 0.29) is 4.90 Å². The van der Waals surface area contributed by atoms with Crippen molar-refractivity contribution in [1.29, 1.82) is 0 Å². The first kappa shape index (κ1) is 15.0. The molecule has 1 N–H and O–H groups in total. The Hall–Kier alpha value is -0.370. The molecule has 0 spiro atoms. The maximum Gasteiger partial charge on any atom is 0.263 e. The maximum absolute atomic E-state index is 12.3. The average molecular weight is 470 g/mol. The Morgan fingerprint density at radius 3 is 1.89 bits per heavy atom. The van der Waals surface area contributed by atoms with E-state index in [0.29, 0.717) is 19.1 Å². The number of sulfonamides is 1. The largest absolute Gasteiger partial charge is 0.277 e. The van der Waals surface area contributed by atoms with E-state index in [1.165, 1.54) is 6.07 Å². The molecule has 7 heteroatoms. The highest BCUT2D eigenvalue weighted by atomic mass is 79.9. The van der Waals surface area contributed by atoms with E-state index in [2.05, 4.69) is 52.5 Å². The van der Waals surface area contributed by atoms with Crippen LogP contribution in [-0.2, 0) is 10.0 Å². The van der Waals surface area contributed by atoms with Crippen molar-refractivity contribution in [2.45, 2.75) is 4.90 Å². The molecule has 3 nitrogen and oxygen atoms in total. The SMILES string of the molecule is O=S(=O)(Nc1c(Br)cccc1Br)c1ccccc1Br. The fourth-order valence-corrected chi connectivity index (χ4v) is 5.01. The van der Waals surface area contributed by atoms with Crippen LogP contribution in [0.5, 0.6) is 0 Å². The molecule has 2 rings (SSSR count). The normalized spacial score (nSPS) is 11.3. The van der Waals surface area contributed by atoms with E-state index >= 15 is 0 Å². The third kappa shape index (κ3) is 3.39. The summed E-state index contributed by atoms with van der Waals surface area (Å²) in [5.41, 5.74) is 0.471. The lowest BCUT2D eigenvalue weighted by Gasteiger charge is -2.12. The summed E-state index contributed by atoms with van der Waals surface area (Å²) in [4.78, 5) is 0.192. The summed E-state index contributed by atoms with van der Waals surface area (Å²) in [6, 6.07) is 12.0. The summed E-state index contributed by atoms with van der Waals surface area (Å²) in [5.74, 6) is 0. The molecule has 0 saturated heterocycles. The van der Waals surface area contributed by atoms with Gasteiger partial charge in [0, 0.05) is 13.4 Å². The predicted molar refractivity (Wildman–Crippen MR) is 86.8 cm³/mol. The van der Waals surface area contributed by atoms with Gasteiger partial charge in [0.15, 0.2) is 0 Å². The fraction of sp³-hybridized carbons (Fsp3) is 0. The van der Waals surface area contributed by atoms with Crippen LogP contribution in [0.25, 0.3) is 0 Å². The van der Waals surface area contributed by atoms with Crippen molar-refractivity contribution in [3.8, 4) is 0 Å². The minimum absolute atomic E-state index is 0.192. The molecule has 0 aliphatic rings. The van der Waals surface area contributed by atoms with Crippen LogP contribution in [0.2, 0.25) is 0 Å². The molecule has 2 aromatic rings. The first-order valence-electron chi connectivity index (χ1n) is 5.13. The lowest BCUT2D eigenvalue weighted by Crippen LogP contribution is -2.14. The first-order chi connectivity index (χ1) is 8.92. The minimum atomic E-state index is -3.65. The van der Waals surface area contributed by atoms with Gasteiger partial charge < -0.3 is 0 Å². The van der Waals surface area contributed by atoms with Crippen LogP contribution in [0.3, 0.4) is 0 Å². The van der Waals surface area contributed by atoms with Crippen molar-refractivity contribution in [2.75, 3.05) is 4.72 Å². The average Bonchev–Trinajstić information content (AvgIpc) is 2.34. The van der Waals surface area contributed by atoms with Crippen molar-refractivity contribution >= 4 is 63.5 Å². The number of benzene rings is 2. The van der Waals surface area contributed by atoms with Gasteiger partial charge in [-0.2, -0.15) is 0 Å². The van der Waals surface area contributed by atoms with Crippen LogP contribution >= 0.6 is 47.8 Å². The number of anilines is 1. The van der Waals surface area contributed by atoms with E-state index in [0.717, 1.165) is 0 Å². The van der Waals surface area contributed by atoms with Gasteiger partial charge in [-0.25, -0.2) is 8.42 Å². The molecule has 2 aromatic carbocycles. The van der Waals surface area contributed by atoms with E-state index < -0.39 is 10.0 Å². The van der Waals surface area contributed by atoms with Crippen LogP contribution < -0.4 is 4.72 Å². The molecule has 100 valence electrons. The number of rotatable bonds is 3. The molecule has 0 aromatic heterocycles. The van der Waals surface area contributed by atoms with Crippen LogP contribution in [-0.4, -0.2) is 8.42 Å². The van der Waals surface area contributed by atoms with Gasteiger partial charge >= 0.3 is 0 Å². The summed E-state index contributed by atoms with van der Waals surface area (Å²) >= 11 is 9.88. The Morgan fingerprint density at radius 2 is 1.32 bits per heavy atom. The van der Waals surface area contributed by atoms with Crippen LogP contribution in [0.4, 0.5) is 5.69 Å². The Labute approximate surface area is 136 Å². The number of hydrogen-bond acceptors (Lipinski definition) is 2. The van der Waals surface area contributed by atoms with E-state index in [9.17, 15) is 8.42 Å². The Balaban J connectivity index is 2.46. The van der Waals surface area contributed by atoms with E-state index in [4.69, 9.17) is 0 Å². The molecule has 0 saturated carbocycles. The van der Waals surface area contributed by atoms with Gasteiger partial charge in [0.2, 0.25) is 0 Å². The fourth-order valence-electron chi connectivity index (χ4n) is 1.45. The third-order valence-electron chi connectivity index (χ3n) is 2.33. The lowest BCUT2D eigenvalue weighted by atomic mass is 10.3. The van der Waals surface area contributed by atoms with Gasteiger partial charge in [0.1, 0.15) is 4.90 Å². The van der Waals surface area contributed by atoms with Crippen LogP contribution in [0, 0.1) is 0 Å². The van der Waals surface area contributed by atoms with Gasteiger partial charge in [-0.3, -0.25) is 4.72 Å². The quantitative estimate of drug-likeness (QED) is 0.703. The molecule has 0 aliphatic carbocycles. The molecular weight excluding hydrogens is 462 g/mol. The minimum Gasteiger partial charge on any atom is -0.277 e. The monoisotopic (exact) mass is 467 g/mol. The Kier molecular flexibility index (Phi) is 4.70. The van der Waals surface area contributed by atoms with Crippen molar-refractivity contribution in [3.05, 3.63) is 55.9 Å². The summed E-state index contributed by atoms with van der Waals surface area (Å²) in [6.45, 7) is 0. The zero-order valence-corrected chi connectivity index (χ0v) is 15.0. The standard InChI is InChI=1S/C12H8Br3NO2S/c13-8-4-1-2-7-11(8)19(17,18)16-12-9(14)5-3-6-10(12)15/h1-7,16H. The van der Waals surface area contributed by atoms with Crippen LogP contribution in [0.15, 0.2) is 60.8 Å². The van der Waals surface area contributed by atoms with Crippen molar-refractivity contribution in [3.63, 3.8) is 0 Å². The summed E-state index contributed by atoms with van der Waals surface area (Å²) in [5, 5.41) is 0. The lowest BCUT2D eigenvalue weighted by molar-refractivity contribution is 0.600. The zero-order valence-electron chi connectivity index (χ0n) is 9.40. The highest BCUT2D eigenvalue weighted by Crippen LogP contribution is 2.33. The maximum atomic E-state index is 12.3. The smallest absolute Gasteiger partial charge is 0.263 e. The van der Waals surface area contributed by atoms with Gasteiger partial charge in [-0.15, -0.1) is 0 Å². The van der Waals surface area contributed by atoms with Gasteiger partial charge in [-0.05, 0) is 72.1 Å². The van der Waals surface area contributed by atoms with Crippen LogP contribution in [0.1, 0.15) is 0 Å². The number of halogens is 3. The van der Waals surface area contributed by atoms with E-state index in [1.54, 1.807) is 30.3 Å². The highest BCUT2D eigenvalue weighted by Gasteiger charge is 2.19. The van der Waals surface area contributed by atoms with Gasteiger partial charge in [-0.1, -0.05) is 18.2 Å². The molecule has 0 bridgehead atoms. The second kappa shape index (κ2) is 5.95. The topological polar surface area (TPSA) is 46.2 Å². The molecular formula is C12H8Br3NO2S. The number of nitrogens with one attached hydrogen (secondary N) is 1. The molecule has 0 atom stereocenters. The molecule has 0 fully saturated rings. The van der Waals surface area contributed by atoms with Gasteiger partial charge in [0.05, 0.1) is 5.69 Å². The Morgan fingerprint density at radius 1 is 0.789 bits per heavy atom. The molecule has 0 radical (unpaired) electrons. The van der Waals surface area contributed by atoms with Crippen molar-refractivity contribution in [2.24, 2.45) is 0 Å². The molecule has 0 heterocycles. The zero-order chi connectivity index (χ0) is 14.0. The predicted octanol–water partition coefficient (Wildman–Crippen LogP) is 4.77.